The Morgan fingerprint density at radius 1 is 1.17 bits per heavy atom. The molecule has 0 saturated heterocycles. The normalized spacial score (nSPS) is 12.9. The Hall–Kier alpha value is -0.380. The average Bonchev–Trinajstić information content (AvgIpc) is 2.32. The fourth-order valence-corrected chi connectivity index (χ4v) is 2.22. The highest BCUT2D eigenvalue weighted by molar-refractivity contribution is 9.10. The molecule has 0 saturated carbocycles. The minimum atomic E-state index is 0.537. The number of benzene rings is 1. The van der Waals surface area contributed by atoms with Gasteiger partial charge in [-0.15, -0.1) is 0 Å². The minimum absolute atomic E-state index is 0.537. The summed E-state index contributed by atoms with van der Waals surface area (Å²) < 4.78 is 6.44. The minimum Gasteiger partial charge on any atom is -0.384 e. The van der Waals surface area contributed by atoms with Crippen LogP contribution in [0, 0.1) is 11.8 Å². The van der Waals surface area contributed by atoms with Crippen LogP contribution in [0.25, 0.3) is 0 Å². The summed E-state index contributed by atoms with van der Waals surface area (Å²) in [5.41, 5.74) is 1.37. The van der Waals surface area contributed by atoms with Crippen LogP contribution in [0.15, 0.2) is 28.7 Å². The van der Waals surface area contributed by atoms with E-state index in [0.717, 1.165) is 30.6 Å². The van der Waals surface area contributed by atoms with E-state index in [2.05, 4.69) is 59.4 Å². The second-order valence-corrected chi connectivity index (χ2v) is 6.12. The number of nitrogens with one attached hydrogen (secondary N) is 1. The van der Waals surface area contributed by atoms with Crippen LogP contribution < -0.4 is 5.32 Å². The van der Waals surface area contributed by atoms with Gasteiger partial charge in [0, 0.05) is 18.1 Å². The van der Waals surface area contributed by atoms with E-state index in [0.29, 0.717) is 11.8 Å². The molecule has 1 N–H and O–H groups in total. The predicted molar refractivity (Wildman–Crippen MR) is 80.9 cm³/mol. The van der Waals surface area contributed by atoms with Crippen molar-refractivity contribution in [3.05, 3.63) is 34.3 Å². The number of hydrogen-bond donors (Lipinski definition) is 1. The van der Waals surface area contributed by atoms with Crippen molar-refractivity contribution in [1.82, 2.24) is 5.32 Å². The monoisotopic (exact) mass is 313 g/mol. The first kappa shape index (κ1) is 15.7. The van der Waals surface area contributed by atoms with Gasteiger partial charge in [-0.3, -0.25) is 0 Å². The number of rotatable bonds is 8. The van der Waals surface area contributed by atoms with Gasteiger partial charge in [0.1, 0.15) is 0 Å². The lowest BCUT2D eigenvalue weighted by molar-refractivity contribution is 0.150. The molecule has 1 rings (SSSR count). The molecule has 0 fully saturated rings. The Bertz CT molecular complexity index is 324. The molecule has 1 unspecified atom stereocenters. The topological polar surface area (TPSA) is 21.3 Å². The summed E-state index contributed by atoms with van der Waals surface area (Å²) in [5, 5.41) is 3.51. The molecule has 0 amide bonds. The molecule has 0 aliphatic rings. The summed E-state index contributed by atoms with van der Waals surface area (Å²) in [7, 11) is 1.77. The first-order chi connectivity index (χ1) is 8.61. The molecule has 2 nitrogen and oxygen atoms in total. The maximum absolute atomic E-state index is 5.31. The second-order valence-electron chi connectivity index (χ2n) is 5.20. The number of methoxy groups -OCH3 is 1. The Labute approximate surface area is 119 Å². The van der Waals surface area contributed by atoms with Gasteiger partial charge in [0.05, 0.1) is 6.61 Å². The van der Waals surface area contributed by atoms with Gasteiger partial charge in [0.25, 0.3) is 0 Å². The summed E-state index contributed by atoms with van der Waals surface area (Å²) in [6, 6.07) is 8.55. The summed E-state index contributed by atoms with van der Waals surface area (Å²) >= 11 is 3.46. The molecule has 0 heterocycles. The Morgan fingerprint density at radius 2 is 1.83 bits per heavy atom. The van der Waals surface area contributed by atoms with E-state index in [-0.39, 0.29) is 0 Å². The van der Waals surface area contributed by atoms with Gasteiger partial charge < -0.3 is 10.1 Å². The summed E-state index contributed by atoms with van der Waals surface area (Å²) in [6.45, 7) is 7.35. The molecule has 1 atom stereocenters. The number of halogens is 1. The SMILES string of the molecule is COCC(CNCC(C)C)Cc1ccc(Br)cc1. The van der Waals surface area contributed by atoms with Gasteiger partial charge in [-0.1, -0.05) is 41.9 Å². The standard InChI is InChI=1S/C15H24BrNO/c1-12(2)9-17-10-14(11-18-3)8-13-4-6-15(16)7-5-13/h4-7,12,14,17H,8-11H2,1-3H3. The fourth-order valence-electron chi connectivity index (χ4n) is 1.96. The van der Waals surface area contributed by atoms with Crippen LogP contribution in [0.2, 0.25) is 0 Å². The van der Waals surface area contributed by atoms with Gasteiger partial charge in [0.2, 0.25) is 0 Å². The quantitative estimate of drug-likeness (QED) is 0.793. The van der Waals surface area contributed by atoms with Crippen molar-refractivity contribution in [3.63, 3.8) is 0 Å². The highest BCUT2D eigenvalue weighted by Crippen LogP contribution is 2.14. The Balaban J connectivity index is 2.43. The fraction of sp³-hybridized carbons (Fsp3) is 0.600. The van der Waals surface area contributed by atoms with Crippen molar-refractivity contribution in [2.24, 2.45) is 11.8 Å². The van der Waals surface area contributed by atoms with E-state index < -0.39 is 0 Å². The number of hydrogen-bond acceptors (Lipinski definition) is 2. The van der Waals surface area contributed by atoms with Crippen LogP contribution >= 0.6 is 15.9 Å². The zero-order valence-corrected chi connectivity index (χ0v) is 13.2. The Morgan fingerprint density at radius 3 is 2.39 bits per heavy atom. The van der Waals surface area contributed by atoms with Crippen molar-refractivity contribution < 1.29 is 4.74 Å². The van der Waals surface area contributed by atoms with Crippen LogP contribution in [-0.4, -0.2) is 26.8 Å². The van der Waals surface area contributed by atoms with Gasteiger partial charge >= 0.3 is 0 Å². The molecule has 0 radical (unpaired) electrons. The molecule has 0 aromatic heterocycles. The summed E-state index contributed by atoms with van der Waals surface area (Å²) in [6.07, 6.45) is 1.06. The van der Waals surface area contributed by atoms with Crippen LogP contribution in [0.5, 0.6) is 0 Å². The summed E-state index contributed by atoms with van der Waals surface area (Å²) in [4.78, 5) is 0. The maximum atomic E-state index is 5.31. The van der Waals surface area contributed by atoms with E-state index in [1.807, 2.05) is 0 Å². The van der Waals surface area contributed by atoms with Crippen molar-refractivity contribution in [2.75, 3.05) is 26.8 Å². The lowest BCUT2D eigenvalue weighted by Gasteiger charge is -2.18. The van der Waals surface area contributed by atoms with Crippen LogP contribution in [-0.2, 0) is 11.2 Å². The first-order valence-electron chi connectivity index (χ1n) is 6.56. The lowest BCUT2D eigenvalue weighted by atomic mass is 10.00. The van der Waals surface area contributed by atoms with Crippen molar-refractivity contribution in [2.45, 2.75) is 20.3 Å². The summed E-state index contributed by atoms with van der Waals surface area (Å²) in [5.74, 6) is 1.23. The molecule has 0 aliphatic carbocycles. The van der Waals surface area contributed by atoms with Gasteiger partial charge in [-0.05, 0) is 42.5 Å². The van der Waals surface area contributed by atoms with Gasteiger partial charge in [-0.2, -0.15) is 0 Å². The zero-order chi connectivity index (χ0) is 13.4. The highest BCUT2D eigenvalue weighted by atomic mass is 79.9. The van der Waals surface area contributed by atoms with E-state index in [4.69, 9.17) is 4.74 Å². The first-order valence-corrected chi connectivity index (χ1v) is 7.35. The third kappa shape index (κ3) is 6.53. The van der Waals surface area contributed by atoms with Crippen molar-refractivity contribution in [1.29, 1.82) is 0 Å². The largest absolute Gasteiger partial charge is 0.384 e. The molecule has 1 aromatic rings. The van der Waals surface area contributed by atoms with E-state index in [9.17, 15) is 0 Å². The average molecular weight is 314 g/mol. The van der Waals surface area contributed by atoms with Crippen LogP contribution in [0.1, 0.15) is 19.4 Å². The Kier molecular flexibility index (Phi) is 7.56. The number of ether oxygens (including phenoxy) is 1. The van der Waals surface area contributed by atoms with E-state index in [1.54, 1.807) is 7.11 Å². The maximum Gasteiger partial charge on any atom is 0.0505 e. The third-order valence-electron chi connectivity index (χ3n) is 2.83. The lowest BCUT2D eigenvalue weighted by Crippen LogP contribution is -2.29. The van der Waals surface area contributed by atoms with Gasteiger partial charge in [-0.25, -0.2) is 0 Å². The van der Waals surface area contributed by atoms with Crippen LogP contribution in [0.3, 0.4) is 0 Å². The molecule has 18 heavy (non-hydrogen) atoms. The molecule has 3 heteroatoms. The second kappa shape index (κ2) is 8.68. The van der Waals surface area contributed by atoms with Crippen molar-refractivity contribution >= 4 is 15.9 Å². The molecular weight excluding hydrogens is 290 g/mol. The smallest absolute Gasteiger partial charge is 0.0505 e. The molecule has 1 aromatic carbocycles. The molecule has 102 valence electrons. The molecule has 0 bridgehead atoms. The van der Waals surface area contributed by atoms with Crippen LogP contribution in [0.4, 0.5) is 0 Å². The molecule has 0 aliphatic heterocycles. The molecular formula is C15H24BrNO. The zero-order valence-electron chi connectivity index (χ0n) is 11.6. The predicted octanol–water partition coefficient (Wildman–Crippen LogP) is 3.50. The van der Waals surface area contributed by atoms with E-state index >= 15 is 0 Å². The van der Waals surface area contributed by atoms with E-state index in [1.165, 1.54) is 5.56 Å². The van der Waals surface area contributed by atoms with Crippen molar-refractivity contribution in [3.8, 4) is 0 Å². The highest BCUT2D eigenvalue weighted by Gasteiger charge is 2.09. The van der Waals surface area contributed by atoms with Gasteiger partial charge in [0.15, 0.2) is 0 Å². The molecule has 0 spiro atoms. The third-order valence-corrected chi connectivity index (χ3v) is 3.35.